The highest BCUT2D eigenvalue weighted by Gasteiger charge is 2.13. The highest BCUT2D eigenvalue weighted by atomic mass is 16.5. The Hall–Kier alpha value is -4.36. The lowest BCUT2D eigenvalue weighted by Crippen LogP contribution is -2.23. The van der Waals surface area contributed by atoms with Gasteiger partial charge in [-0.25, -0.2) is 0 Å². The minimum absolute atomic E-state index is 0.156. The molecule has 1 unspecified atom stereocenters. The Bertz CT molecular complexity index is 1500. The monoisotopic (exact) mass is 592 g/mol. The Labute approximate surface area is 261 Å². The fraction of sp³-hybridized carbons (Fsp3) is 0.263. The van der Waals surface area contributed by atoms with Gasteiger partial charge in [-0.05, 0) is 91.9 Å². The van der Waals surface area contributed by atoms with Crippen LogP contribution in [0.4, 0.5) is 5.69 Å². The van der Waals surface area contributed by atoms with Crippen LogP contribution in [-0.2, 0) is 24.4 Å². The maximum absolute atomic E-state index is 10.7. The lowest BCUT2D eigenvalue weighted by molar-refractivity contribution is 0.174. The number of hydrogen-bond donors (Lipinski definition) is 4. The van der Waals surface area contributed by atoms with E-state index in [2.05, 4.69) is 53.1 Å². The van der Waals surface area contributed by atoms with Crippen molar-refractivity contribution in [1.82, 2.24) is 5.32 Å². The molecular formula is C38H44N2O4. The third kappa shape index (κ3) is 9.32. The summed E-state index contributed by atoms with van der Waals surface area (Å²) in [4.78, 5) is 0. The largest absolute Gasteiger partial charge is 0.496 e. The van der Waals surface area contributed by atoms with E-state index in [0.29, 0.717) is 24.5 Å². The first kappa shape index (κ1) is 32.6. The molecule has 0 aliphatic heterocycles. The van der Waals surface area contributed by atoms with Crippen LogP contribution in [0.2, 0.25) is 0 Å². The second-order valence-corrected chi connectivity index (χ2v) is 10.6. The van der Waals surface area contributed by atoms with Gasteiger partial charge in [-0.3, -0.25) is 0 Å². The van der Waals surface area contributed by atoms with E-state index in [9.17, 15) is 10.2 Å². The van der Waals surface area contributed by atoms with Gasteiger partial charge in [0.05, 0.1) is 19.8 Å². The number of anilines is 1. The van der Waals surface area contributed by atoms with E-state index in [0.717, 1.165) is 58.8 Å². The van der Waals surface area contributed by atoms with Gasteiger partial charge in [0.2, 0.25) is 0 Å². The molecule has 6 heteroatoms. The minimum Gasteiger partial charge on any atom is -0.496 e. The lowest BCUT2D eigenvalue weighted by Gasteiger charge is -2.16. The van der Waals surface area contributed by atoms with Gasteiger partial charge >= 0.3 is 0 Å². The zero-order chi connectivity index (χ0) is 31.1. The Morgan fingerprint density at radius 2 is 1.77 bits per heavy atom. The molecule has 1 atom stereocenters. The van der Waals surface area contributed by atoms with Crippen LogP contribution >= 0.6 is 0 Å². The molecule has 230 valence electrons. The molecule has 0 spiro atoms. The molecule has 1 aliphatic rings. The SMILES string of the molecule is C/C=C\C(=C/C)C1=C(OC)C=CC(Nc2ccc(CCNCC(O)c3ccc(OCc4ccccc4)c(CO)c3)cc2)=CC1. The molecule has 0 radical (unpaired) electrons. The van der Waals surface area contributed by atoms with Crippen molar-refractivity contribution >= 4 is 5.69 Å². The number of hydrogen-bond acceptors (Lipinski definition) is 6. The third-order valence-corrected chi connectivity index (χ3v) is 7.51. The summed E-state index contributed by atoms with van der Waals surface area (Å²) in [6.45, 7) is 5.48. The summed E-state index contributed by atoms with van der Waals surface area (Å²) in [5.41, 5.74) is 8.03. The van der Waals surface area contributed by atoms with Crippen molar-refractivity contribution in [2.24, 2.45) is 0 Å². The third-order valence-electron chi connectivity index (χ3n) is 7.51. The van der Waals surface area contributed by atoms with Gasteiger partial charge < -0.3 is 30.3 Å². The van der Waals surface area contributed by atoms with Crippen LogP contribution in [0.15, 0.2) is 132 Å². The fourth-order valence-electron chi connectivity index (χ4n) is 5.06. The molecule has 0 heterocycles. The molecule has 0 fully saturated rings. The van der Waals surface area contributed by atoms with Crippen LogP contribution < -0.4 is 15.4 Å². The highest BCUT2D eigenvalue weighted by molar-refractivity contribution is 5.55. The standard InChI is InChI=1S/C38H44N2O4/c1-4-9-30(5-2)35-19-17-34(18-21-38(35)43-3)40-33-15-12-28(13-16-33)22-23-39-25-36(42)31-14-20-37(32(24-31)26-41)44-27-29-10-7-6-8-11-29/h4-18,20-21,24,36,39-42H,19,22-23,25-27H2,1-3H3/b9-4-,30-5+. The van der Waals surface area contributed by atoms with Crippen molar-refractivity contribution in [2.45, 2.75) is 46.0 Å². The maximum atomic E-state index is 10.7. The van der Waals surface area contributed by atoms with Crippen LogP contribution in [0.5, 0.6) is 5.75 Å². The molecule has 3 aromatic rings. The molecule has 0 saturated heterocycles. The van der Waals surface area contributed by atoms with E-state index >= 15 is 0 Å². The fourth-order valence-corrected chi connectivity index (χ4v) is 5.06. The molecule has 4 N–H and O–H groups in total. The summed E-state index contributed by atoms with van der Waals surface area (Å²) in [5, 5.41) is 27.5. The summed E-state index contributed by atoms with van der Waals surface area (Å²) in [5.74, 6) is 1.49. The number of allylic oxidation sites excluding steroid dienone is 8. The molecule has 0 bridgehead atoms. The summed E-state index contributed by atoms with van der Waals surface area (Å²) >= 11 is 0. The van der Waals surface area contributed by atoms with Gasteiger partial charge in [-0.2, -0.15) is 0 Å². The van der Waals surface area contributed by atoms with Gasteiger partial charge in [0.1, 0.15) is 18.1 Å². The van der Waals surface area contributed by atoms with Gasteiger partial charge in [-0.15, -0.1) is 0 Å². The van der Waals surface area contributed by atoms with Crippen LogP contribution in [0.3, 0.4) is 0 Å². The van der Waals surface area contributed by atoms with E-state index in [1.165, 1.54) is 5.56 Å². The molecule has 4 rings (SSSR count). The van der Waals surface area contributed by atoms with Crippen LogP contribution in [0, 0.1) is 0 Å². The van der Waals surface area contributed by atoms with E-state index in [4.69, 9.17) is 9.47 Å². The predicted molar refractivity (Wildman–Crippen MR) is 179 cm³/mol. The number of benzene rings is 3. The molecule has 6 nitrogen and oxygen atoms in total. The second-order valence-electron chi connectivity index (χ2n) is 10.6. The molecule has 0 aromatic heterocycles. The summed E-state index contributed by atoms with van der Waals surface area (Å²) in [6, 6.07) is 23.8. The normalized spacial score (nSPS) is 14.4. The van der Waals surface area contributed by atoms with Crippen molar-refractivity contribution in [3.05, 3.63) is 154 Å². The Kier molecular flexibility index (Phi) is 12.6. The number of ether oxygens (including phenoxy) is 2. The van der Waals surface area contributed by atoms with Crippen molar-refractivity contribution in [3.8, 4) is 5.75 Å². The molecule has 3 aromatic carbocycles. The predicted octanol–water partition coefficient (Wildman–Crippen LogP) is 7.30. The van der Waals surface area contributed by atoms with Gasteiger partial charge in [-0.1, -0.05) is 72.8 Å². The summed E-state index contributed by atoms with van der Waals surface area (Å²) in [7, 11) is 1.71. The number of nitrogens with one attached hydrogen (secondary N) is 2. The highest BCUT2D eigenvalue weighted by Crippen LogP contribution is 2.27. The van der Waals surface area contributed by atoms with E-state index in [1.807, 2.05) is 80.6 Å². The van der Waals surface area contributed by atoms with Crippen LogP contribution in [0.25, 0.3) is 0 Å². The molecule has 0 amide bonds. The van der Waals surface area contributed by atoms with Crippen molar-refractivity contribution < 1.29 is 19.7 Å². The number of rotatable bonds is 15. The molecular weight excluding hydrogens is 548 g/mol. The van der Waals surface area contributed by atoms with Gasteiger partial charge in [0, 0.05) is 29.1 Å². The first-order valence-corrected chi connectivity index (χ1v) is 15.1. The molecule has 44 heavy (non-hydrogen) atoms. The van der Waals surface area contributed by atoms with Crippen LogP contribution in [-0.4, -0.2) is 30.4 Å². The number of methoxy groups -OCH3 is 1. The van der Waals surface area contributed by atoms with E-state index in [1.54, 1.807) is 7.11 Å². The number of aliphatic hydroxyl groups excluding tert-OH is 2. The van der Waals surface area contributed by atoms with Crippen molar-refractivity contribution in [2.75, 3.05) is 25.5 Å². The minimum atomic E-state index is -0.688. The summed E-state index contributed by atoms with van der Waals surface area (Å²) < 4.78 is 11.6. The molecule has 1 aliphatic carbocycles. The first-order chi connectivity index (χ1) is 21.5. The zero-order valence-electron chi connectivity index (χ0n) is 25.9. The van der Waals surface area contributed by atoms with E-state index in [-0.39, 0.29) is 6.61 Å². The average Bonchev–Trinajstić information content (AvgIpc) is 3.27. The second kappa shape index (κ2) is 17.1. The van der Waals surface area contributed by atoms with E-state index < -0.39 is 6.10 Å². The Balaban J connectivity index is 1.24. The summed E-state index contributed by atoms with van der Waals surface area (Å²) in [6.07, 6.45) is 13.4. The Morgan fingerprint density at radius 3 is 2.48 bits per heavy atom. The van der Waals surface area contributed by atoms with Gasteiger partial charge in [0.25, 0.3) is 0 Å². The smallest absolute Gasteiger partial charge is 0.125 e. The van der Waals surface area contributed by atoms with Crippen molar-refractivity contribution in [3.63, 3.8) is 0 Å². The van der Waals surface area contributed by atoms with Crippen LogP contribution in [0.1, 0.15) is 48.6 Å². The lowest BCUT2D eigenvalue weighted by atomic mass is 10.0. The Morgan fingerprint density at radius 1 is 0.977 bits per heavy atom. The molecule has 0 saturated carbocycles. The zero-order valence-corrected chi connectivity index (χ0v) is 25.9. The quantitative estimate of drug-likeness (QED) is 0.110. The average molecular weight is 593 g/mol. The van der Waals surface area contributed by atoms with Crippen molar-refractivity contribution in [1.29, 1.82) is 0 Å². The number of aliphatic hydroxyl groups is 2. The van der Waals surface area contributed by atoms with Gasteiger partial charge in [0.15, 0.2) is 0 Å². The maximum Gasteiger partial charge on any atom is 0.125 e. The first-order valence-electron chi connectivity index (χ1n) is 15.1. The topological polar surface area (TPSA) is 83.0 Å².